The summed E-state index contributed by atoms with van der Waals surface area (Å²) in [6, 6.07) is 6.71. The van der Waals surface area contributed by atoms with E-state index < -0.39 is 17.8 Å². The van der Waals surface area contributed by atoms with Crippen LogP contribution >= 0.6 is 0 Å². The number of aromatic amines is 1. The van der Waals surface area contributed by atoms with E-state index >= 15 is 0 Å². The van der Waals surface area contributed by atoms with Gasteiger partial charge in [-0.1, -0.05) is 12.1 Å². The largest absolute Gasteiger partial charge is 0.478 e. The molecule has 1 unspecified atom stereocenters. The Bertz CT molecular complexity index is 758. The molecule has 1 saturated heterocycles. The molecule has 134 valence electrons. The number of likely N-dealkylation sites (tertiary alicyclic amines) is 1. The van der Waals surface area contributed by atoms with Gasteiger partial charge in [0, 0.05) is 19.0 Å². The third-order valence-electron chi connectivity index (χ3n) is 4.37. The molecule has 1 fully saturated rings. The predicted molar refractivity (Wildman–Crippen MR) is 84.2 cm³/mol. The van der Waals surface area contributed by atoms with Crippen molar-refractivity contribution in [3.8, 4) is 0 Å². The van der Waals surface area contributed by atoms with E-state index in [1.807, 2.05) is 6.07 Å². The number of nitrogens with zero attached hydrogens (tertiary/aromatic N) is 2. The smallest absolute Gasteiger partial charge is 0.432 e. The fraction of sp³-hybridized carbons (Fsp3) is 0.412. The van der Waals surface area contributed by atoms with Crippen LogP contribution in [0.5, 0.6) is 0 Å². The van der Waals surface area contributed by atoms with Gasteiger partial charge in [0.25, 0.3) is 0 Å². The molecule has 2 aromatic rings. The zero-order chi connectivity index (χ0) is 18.0. The lowest BCUT2D eigenvalue weighted by atomic mass is 9.97. The van der Waals surface area contributed by atoms with Crippen molar-refractivity contribution < 1.29 is 23.1 Å². The van der Waals surface area contributed by atoms with Gasteiger partial charge in [0.1, 0.15) is 11.5 Å². The second-order valence-corrected chi connectivity index (χ2v) is 6.26. The van der Waals surface area contributed by atoms with E-state index in [1.54, 1.807) is 12.1 Å². The average molecular weight is 353 g/mol. The second kappa shape index (κ2) is 6.87. The molecule has 8 heteroatoms. The summed E-state index contributed by atoms with van der Waals surface area (Å²) in [6.07, 6.45) is -1.96. The molecule has 1 atom stereocenters. The number of aromatic nitrogens is 2. The van der Waals surface area contributed by atoms with E-state index in [4.69, 9.17) is 5.11 Å². The van der Waals surface area contributed by atoms with Gasteiger partial charge in [0.2, 0.25) is 0 Å². The van der Waals surface area contributed by atoms with Crippen LogP contribution in [0.2, 0.25) is 0 Å². The minimum absolute atomic E-state index is 0.0903. The topological polar surface area (TPSA) is 69.2 Å². The number of alkyl halides is 3. The van der Waals surface area contributed by atoms with Crippen LogP contribution in [0.1, 0.15) is 46.2 Å². The highest BCUT2D eigenvalue weighted by molar-refractivity contribution is 5.87. The van der Waals surface area contributed by atoms with Gasteiger partial charge in [-0.15, -0.1) is 0 Å². The van der Waals surface area contributed by atoms with E-state index in [0.29, 0.717) is 18.9 Å². The monoisotopic (exact) mass is 353 g/mol. The lowest BCUT2D eigenvalue weighted by Gasteiger charge is -2.31. The molecule has 1 aliphatic rings. The number of halogens is 3. The summed E-state index contributed by atoms with van der Waals surface area (Å²) < 4.78 is 38.1. The number of carboxylic acids is 1. The Kier molecular flexibility index (Phi) is 4.80. The number of benzene rings is 1. The van der Waals surface area contributed by atoms with Crippen molar-refractivity contribution in [2.45, 2.75) is 31.5 Å². The van der Waals surface area contributed by atoms with Gasteiger partial charge < -0.3 is 10.1 Å². The number of aromatic carboxylic acids is 1. The first-order valence-corrected chi connectivity index (χ1v) is 7.99. The van der Waals surface area contributed by atoms with E-state index in [1.165, 1.54) is 6.07 Å². The lowest BCUT2D eigenvalue weighted by Crippen LogP contribution is -2.34. The van der Waals surface area contributed by atoms with Crippen LogP contribution in [0.15, 0.2) is 30.5 Å². The SMILES string of the molecule is O=C(O)c1cccc(CN2CCCC(c3ncc(C(F)(F)F)[nH]3)C2)c1. The minimum Gasteiger partial charge on any atom is -0.478 e. The molecule has 0 spiro atoms. The zero-order valence-corrected chi connectivity index (χ0v) is 13.4. The summed E-state index contributed by atoms with van der Waals surface area (Å²) in [5.74, 6) is -0.711. The van der Waals surface area contributed by atoms with Gasteiger partial charge in [-0.3, -0.25) is 4.90 Å². The highest BCUT2D eigenvalue weighted by Gasteiger charge is 2.34. The minimum atomic E-state index is -4.42. The molecule has 25 heavy (non-hydrogen) atoms. The number of carboxylic acid groups (broad SMARTS) is 1. The first kappa shape index (κ1) is 17.5. The van der Waals surface area contributed by atoms with Gasteiger partial charge in [0.15, 0.2) is 0 Å². The Morgan fingerprint density at radius 2 is 2.20 bits per heavy atom. The molecule has 2 N–H and O–H groups in total. The Hall–Kier alpha value is -2.35. The molecule has 0 bridgehead atoms. The zero-order valence-electron chi connectivity index (χ0n) is 13.4. The van der Waals surface area contributed by atoms with Crippen LogP contribution in [0, 0.1) is 0 Å². The van der Waals surface area contributed by atoms with Crippen molar-refractivity contribution in [2.75, 3.05) is 13.1 Å². The van der Waals surface area contributed by atoms with Crippen molar-refractivity contribution in [1.29, 1.82) is 0 Å². The Balaban J connectivity index is 1.68. The molecule has 0 amide bonds. The van der Waals surface area contributed by atoms with Gasteiger partial charge in [-0.05, 0) is 37.1 Å². The summed E-state index contributed by atoms with van der Waals surface area (Å²) in [5, 5.41) is 9.06. The van der Waals surface area contributed by atoms with E-state index in [-0.39, 0.29) is 11.5 Å². The van der Waals surface area contributed by atoms with Crippen molar-refractivity contribution in [3.05, 3.63) is 53.1 Å². The van der Waals surface area contributed by atoms with Crippen LogP contribution in [0.4, 0.5) is 13.2 Å². The number of carbonyl (C=O) groups is 1. The third-order valence-corrected chi connectivity index (χ3v) is 4.37. The highest BCUT2D eigenvalue weighted by Crippen LogP contribution is 2.31. The molecule has 2 heterocycles. The fourth-order valence-electron chi connectivity index (χ4n) is 3.17. The Labute approximate surface area is 142 Å². The normalized spacial score (nSPS) is 19.1. The summed E-state index contributed by atoms with van der Waals surface area (Å²) in [7, 11) is 0. The summed E-state index contributed by atoms with van der Waals surface area (Å²) >= 11 is 0. The lowest BCUT2D eigenvalue weighted by molar-refractivity contribution is -0.141. The molecule has 0 aliphatic carbocycles. The van der Waals surface area contributed by atoms with Gasteiger partial charge >= 0.3 is 12.1 Å². The Morgan fingerprint density at radius 3 is 2.88 bits per heavy atom. The molecule has 1 aromatic carbocycles. The quantitative estimate of drug-likeness (QED) is 0.883. The fourth-order valence-corrected chi connectivity index (χ4v) is 3.17. The highest BCUT2D eigenvalue weighted by atomic mass is 19.4. The molecule has 0 saturated carbocycles. The van der Waals surface area contributed by atoms with E-state index in [9.17, 15) is 18.0 Å². The average Bonchev–Trinajstić information content (AvgIpc) is 3.06. The maximum atomic E-state index is 12.7. The Morgan fingerprint density at radius 1 is 1.40 bits per heavy atom. The number of imidazole rings is 1. The van der Waals surface area contributed by atoms with Gasteiger partial charge in [-0.25, -0.2) is 9.78 Å². The number of H-pyrrole nitrogens is 1. The maximum absolute atomic E-state index is 12.7. The number of piperidine rings is 1. The maximum Gasteiger partial charge on any atom is 0.432 e. The predicted octanol–water partition coefficient (Wildman–Crippen LogP) is 3.51. The third kappa shape index (κ3) is 4.19. The van der Waals surface area contributed by atoms with Crippen molar-refractivity contribution in [1.82, 2.24) is 14.9 Å². The van der Waals surface area contributed by atoms with Crippen LogP contribution in [-0.4, -0.2) is 39.0 Å². The molecule has 1 aromatic heterocycles. The summed E-state index contributed by atoms with van der Waals surface area (Å²) in [6.45, 7) is 1.97. The van der Waals surface area contributed by atoms with E-state index in [2.05, 4.69) is 14.9 Å². The van der Waals surface area contributed by atoms with E-state index in [0.717, 1.165) is 31.1 Å². The van der Waals surface area contributed by atoms with Crippen molar-refractivity contribution in [2.24, 2.45) is 0 Å². The number of hydrogen-bond donors (Lipinski definition) is 2. The van der Waals surface area contributed by atoms with Crippen molar-refractivity contribution >= 4 is 5.97 Å². The van der Waals surface area contributed by atoms with Crippen LogP contribution in [0.3, 0.4) is 0 Å². The molecular weight excluding hydrogens is 335 g/mol. The van der Waals surface area contributed by atoms with Crippen molar-refractivity contribution in [3.63, 3.8) is 0 Å². The molecule has 3 rings (SSSR count). The number of rotatable bonds is 4. The first-order chi connectivity index (χ1) is 11.8. The standard InChI is InChI=1S/C17H18F3N3O2/c18-17(19,20)14-8-21-15(22-14)13-5-2-6-23(10-13)9-11-3-1-4-12(7-11)16(24)25/h1,3-4,7-8,13H,2,5-6,9-10H2,(H,21,22)(H,24,25). The summed E-state index contributed by atoms with van der Waals surface area (Å²) in [4.78, 5) is 19.5. The van der Waals surface area contributed by atoms with Crippen LogP contribution < -0.4 is 0 Å². The second-order valence-electron chi connectivity index (χ2n) is 6.26. The number of nitrogens with one attached hydrogen (secondary N) is 1. The first-order valence-electron chi connectivity index (χ1n) is 7.99. The molecule has 0 radical (unpaired) electrons. The molecule has 5 nitrogen and oxygen atoms in total. The molecule has 1 aliphatic heterocycles. The van der Waals surface area contributed by atoms with Gasteiger partial charge in [0.05, 0.1) is 11.8 Å². The number of hydrogen-bond acceptors (Lipinski definition) is 3. The van der Waals surface area contributed by atoms with Crippen LogP contribution in [0.25, 0.3) is 0 Å². The van der Waals surface area contributed by atoms with Crippen LogP contribution in [-0.2, 0) is 12.7 Å². The molecular formula is C17H18F3N3O2. The summed E-state index contributed by atoms with van der Waals surface area (Å²) in [5.41, 5.74) is 0.275. The van der Waals surface area contributed by atoms with Gasteiger partial charge in [-0.2, -0.15) is 13.2 Å².